The van der Waals surface area contributed by atoms with E-state index in [9.17, 15) is 9.59 Å². The van der Waals surface area contributed by atoms with Gasteiger partial charge in [0.05, 0.1) is 12.6 Å². The minimum absolute atomic E-state index is 0.00727. The van der Waals surface area contributed by atoms with Crippen LogP contribution in [0, 0.1) is 0 Å². The van der Waals surface area contributed by atoms with Gasteiger partial charge in [0, 0.05) is 26.2 Å². The second-order valence-electron chi connectivity index (χ2n) is 3.95. The molecule has 1 aliphatic rings. The van der Waals surface area contributed by atoms with Gasteiger partial charge in [-0.3, -0.25) is 9.48 Å². The summed E-state index contributed by atoms with van der Waals surface area (Å²) in [5.74, 6) is -1.04. The molecule has 2 heterocycles. The number of nitrogens with zero attached hydrogens (tertiary/aromatic N) is 2. The fourth-order valence-electron chi connectivity index (χ4n) is 1.58. The van der Waals surface area contributed by atoms with Gasteiger partial charge >= 0.3 is 11.9 Å². The van der Waals surface area contributed by atoms with Crippen LogP contribution in [0.5, 0.6) is 5.88 Å². The van der Waals surface area contributed by atoms with E-state index in [2.05, 4.69) is 10.4 Å². The Hall–Kier alpha value is -1.89. The summed E-state index contributed by atoms with van der Waals surface area (Å²) in [5.41, 5.74) is 0.180. The molecule has 1 aromatic heterocycles. The lowest BCUT2D eigenvalue weighted by Gasteiger charge is -2.26. The largest absolute Gasteiger partial charge is 0.462 e. The van der Waals surface area contributed by atoms with Gasteiger partial charge in [-0.15, -0.1) is 5.10 Å². The van der Waals surface area contributed by atoms with E-state index < -0.39 is 11.9 Å². The monoisotopic (exact) mass is 253 g/mol. The molecule has 18 heavy (non-hydrogen) atoms. The normalized spacial score (nSPS) is 15.0. The predicted molar refractivity (Wildman–Crippen MR) is 61.4 cm³/mol. The molecular formula is C11H15N3O4. The number of hydrogen-bond acceptors (Lipinski definition) is 6. The van der Waals surface area contributed by atoms with Crippen LogP contribution in [0.3, 0.4) is 0 Å². The molecule has 1 saturated heterocycles. The van der Waals surface area contributed by atoms with E-state index in [4.69, 9.17) is 9.47 Å². The third kappa shape index (κ3) is 2.51. The Kier molecular flexibility index (Phi) is 3.61. The van der Waals surface area contributed by atoms with Gasteiger partial charge in [0.1, 0.15) is 5.56 Å². The maximum absolute atomic E-state index is 11.7. The Balaban J connectivity index is 2.25. The van der Waals surface area contributed by atoms with Gasteiger partial charge in [-0.1, -0.05) is 0 Å². The average molecular weight is 253 g/mol. The number of esters is 2. The van der Waals surface area contributed by atoms with Crippen molar-refractivity contribution < 1.29 is 19.1 Å². The van der Waals surface area contributed by atoms with Crippen LogP contribution in [0.25, 0.3) is 0 Å². The van der Waals surface area contributed by atoms with E-state index in [1.165, 1.54) is 6.92 Å². The maximum atomic E-state index is 11.7. The van der Waals surface area contributed by atoms with Crippen LogP contribution < -0.4 is 10.1 Å². The molecule has 0 saturated carbocycles. The van der Waals surface area contributed by atoms with E-state index >= 15 is 0 Å². The highest BCUT2D eigenvalue weighted by molar-refractivity contribution is 5.92. The van der Waals surface area contributed by atoms with Crippen molar-refractivity contribution in [1.82, 2.24) is 15.1 Å². The summed E-state index contributed by atoms with van der Waals surface area (Å²) in [4.78, 5) is 22.7. The first-order valence-corrected chi connectivity index (χ1v) is 5.77. The number of nitrogens with one attached hydrogen (secondary N) is 1. The van der Waals surface area contributed by atoms with Crippen molar-refractivity contribution in [2.45, 2.75) is 19.9 Å². The van der Waals surface area contributed by atoms with Crippen molar-refractivity contribution in [3.63, 3.8) is 0 Å². The fraction of sp³-hybridized carbons (Fsp3) is 0.545. The van der Waals surface area contributed by atoms with Crippen LogP contribution in [0.2, 0.25) is 0 Å². The first-order chi connectivity index (χ1) is 8.61. The second kappa shape index (κ2) is 5.18. The minimum Gasteiger partial charge on any atom is -0.462 e. The maximum Gasteiger partial charge on any atom is 0.345 e. The van der Waals surface area contributed by atoms with Crippen molar-refractivity contribution in [2.75, 3.05) is 19.7 Å². The molecule has 0 aromatic carbocycles. The van der Waals surface area contributed by atoms with Gasteiger partial charge in [0.15, 0.2) is 0 Å². The Labute approximate surface area is 104 Å². The van der Waals surface area contributed by atoms with Gasteiger partial charge in [-0.2, -0.15) is 0 Å². The van der Waals surface area contributed by atoms with Crippen molar-refractivity contribution >= 4 is 11.9 Å². The smallest absolute Gasteiger partial charge is 0.345 e. The predicted octanol–water partition coefficient (Wildman–Crippen LogP) is 0.129. The molecule has 0 radical (unpaired) electrons. The summed E-state index contributed by atoms with van der Waals surface area (Å²) >= 11 is 0. The van der Waals surface area contributed by atoms with Crippen LogP contribution in [-0.4, -0.2) is 41.4 Å². The molecule has 7 nitrogen and oxygen atoms in total. The van der Waals surface area contributed by atoms with Crippen molar-refractivity contribution in [1.29, 1.82) is 0 Å². The molecule has 2 rings (SSSR count). The molecule has 1 N–H and O–H groups in total. The van der Waals surface area contributed by atoms with Gasteiger partial charge in [-0.25, -0.2) is 4.79 Å². The van der Waals surface area contributed by atoms with Crippen LogP contribution in [0.15, 0.2) is 6.20 Å². The summed E-state index contributed by atoms with van der Waals surface area (Å²) in [7, 11) is 0. The standard InChI is InChI=1S/C11H15N3O4/c1-3-17-11(16)9-6-14(8-4-12-5-8)13-10(9)18-7(2)15/h6,8,12H,3-5H2,1-2H3. The lowest BCUT2D eigenvalue weighted by molar-refractivity contribution is -0.132. The van der Waals surface area contributed by atoms with E-state index in [0.29, 0.717) is 0 Å². The molecule has 1 aliphatic heterocycles. The van der Waals surface area contributed by atoms with Crippen LogP contribution >= 0.6 is 0 Å². The average Bonchev–Trinajstić information content (AvgIpc) is 2.58. The lowest BCUT2D eigenvalue weighted by Crippen LogP contribution is -2.43. The number of carbonyl (C=O) groups is 2. The first kappa shape index (κ1) is 12.6. The third-order valence-corrected chi connectivity index (χ3v) is 2.57. The molecule has 0 bridgehead atoms. The summed E-state index contributed by atoms with van der Waals surface area (Å²) in [5, 5.41) is 7.21. The molecular weight excluding hydrogens is 238 g/mol. The lowest BCUT2D eigenvalue weighted by atomic mass is 10.2. The first-order valence-electron chi connectivity index (χ1n) is 5.77. The number of ether oxygens (including phenoxy) is 2. The highest BCUT2D eigenvalue weighted by atomic mass is 16.6. The number of aromatic nitrogens is 2. The SMILES string of the molecule is CCOC(=O)c1cn(C2CNC2)nc1OC(C)=O. The highest BCUT2D eigenvalue weighted by Gasteiger charge is 2.26. The van der Waals surface area contributed by atoms with Gasteiger partial charge in [0.25, 0.3) is 5.88 Å². The number of rotatable bonds is 4. The van der Waals surface area contributed by atoms with Crippen molar-refractivity contribution in [2.24, 2.45) is 0 Å². The zero-order valence-electron chi connectivity index (χ0n) is 10.3. The van der Waals surface area contributed by atoms with E-state index in [0.717, 1.165) is 13.1 Å². The quantitative estimate of drug-likeness (QED) is 0.768. The summed E-state index contributed by atoms with van der Waals surface area (Å²) < 4.78 is 11.4. The molecule has 7 heteroatoms. The molecule has 98 valence electrons. The Bertz CT molecular complexity index is 465. The Morgan fingerprint density at radius 2 is 2.28 bits per heavy atom. The van der Waals surface area contributed by atoms with Crippen molar-refractivity contribution in [3.8, 4) is 5.88 Å². The van der Waals surface area contributed by atoms with Crippen LogP contribution in [-0.2, 0) is 9.53 Å². The van der Waals surface area contributed by atoms with Gasteiger partial charge < -0.3 is 14.8 Å². The van der Waals surface area contributed by atoms with Gasteiger partial charge in [-0.05, 0) is 6.92 Å². The van der Waals surface area contributed by atoms with E-state index in [1.54, 1.807) is 17.8 Å². The van der Waals surface area contributed by atoms with Crippen LogP contribution in [0.1, 0.15) is 30.2 Å². The highest BCUT2D eigenvalue weighted by Crippen LogP contribution is 2.21. The molecule has 1 aromatic rings. The fourth-order valence-corrected chi connectivity index (χ4v) is 1.58. The van der Waals surface area contributed by atoms with E-state index in [-0.39, 0.29) is 24.1 Å². The van der Waals surface area contributed by atoms with Gasteiger partial charge in [0.2, 0.25) is 0 Å². The minimum atomic E-state index is -0.535. The summed E-state index contributed by atoms with van der Waals surface area (Å²) in [6.07, 6.45) is 1.56. The summed E-state index contributed by atoms with van der Waals surface area (Å²) in [6.45, 7) is 4.80. The molecule has 0 unspecified atom stereocenters. The Morgan fingerprint density at radius 3 is 2.78 bits per heavy atom. The number of hydrogen-bond donors (Lipinski definition) is 1. The third-order valence-electron chi connectivity index (χ3n) is 2.57. The molecule has 0 spiro atoms. The topological polar surface area (TPSA) is 82.4 Å². The zero-order valence-corrected chi connectivity index (χ0v) is 10.3. The molecule has 0 aliphatic carbocycles. The molecule has 0 atom stereocenters. The van der Waals surface area contributed by atoms with Crippen molar-refractivity contribution in [3.05, 3.63) is 11.8 Å². The summed E-state index contributed by atoms with van der Waals surface area (Å²) in [6, 6.07) is 0.183. The second-order valence-corrected chi connectivity index (χ2v) is 3.95. The molecule has 1 fully saturated rings. The Morgan fingerprint density at radius 1 is 1.56 bits per heavy atom. The molecule has 0 amide bonds. The zero-order chi connectivity index (χ0) is 13.1. The number of carbonyl (C=O) groups excluding carboxylic acids is 2. The van der Waals surface area contributed by atoms with E-state index in [1.807, 2.05) is 0 Å². The van der Waals surface area contributed by atoms with Crippen LogP contribution in [0.4, 0.5) is 0 Å².